The summed E-state index contributed by atoms with van der Waals surface area (Å²) >= 11 is 0. The maximum Gasteiger partial charge on any atom is 0.315 e. The minimum atomic E-state index is 0.0625. The Morgan fingerprint density at radius 3 is 2.71 bits per heavy atom. The quantitative estimate of drug-likeness (QED) is 0.788. The van der Waals surface area contributed by atoms with Crippen LogP contribution in [0.5, 0.6) is 0 Å². The van der Waals surface area contributed by atoms with Crippen LogP contribution in [0.15, 0.2) is 0 Å². The fourth-order valence-corrected chi connectivity index (χ4v) is 4.19. The molecule has 0 aromatic carbocycles. The predicted octanol–water partition coefficient (Wildman–Crippen LogP) is 2.21. The van der Waals surface area contributed by atoms with Crippen molar-refractivity contribution in [2.45, 2.75) is 51.0 Å². The molecule has 1 unspecified atom stereocenters. The van der Waals surface area contributed by atoms with Crippen LogP contribution in [0.3, 0.4) is 0 Å². The van der Waals surface area contributed by atoms with Crippen molar-refractivity contribution in [1.29, 1.82) is 0 Å². The first-order chi connectivity index (χ1) is 10.3. The number of likely N-dealkylation sites (tertiary alicyclic amines) is 1. The van der Waals surface area contributed by atoms with Gasteiger partial charge >= 0.3 is 6.03 Å². The molecule has 1 saturated heterocycles. The van der Waals surface area contributed by atoms with E-state index in [9.17, 15) is 4.79 Å². The second-order valence-corrected chi connectivity index (χ2v) is 7.89. The van der Waals surface area contributed by atoms with Crippen LogP contribution >= 0.6 is 0 Å². The van der Waals surface area contributed by atoms with Gasteiger partial charge in [0.05, 0.1) is 0 Å². The topological polar surface area (TPSA) is 44.4 Å². The lowest BCUT2D eigenvalue weighted by Gasteiger charge is -2.25. The van der Waals surface area contributed by atoms with E-state index in [1.165, 1.54) is 45.1 Å². The summed E-state index contributed by atoms with van der Waals surface area (Å²) in [6, 6.07) is 0.429. The Labute approximate surface area is 128 Å². The maximum absolute atomic E-state index is 12.0. The summed E-state index contributed by atoms with van der Waals surface area (Å²) in [6.07, 6.45) is 9.61. The fourth-order valence-electron chi connectivity index (χ4n) is 4.19. The minimum Gasteiger partial charge on any atom is -0.338 e. The Balaban J connectivity index is 1.10. The fraction of sp³-hybridized carbons (Fsp3) is 0.941. The molecular formula is C17H29N3O. The Hall–Kier alpha value is -0.770. The molecule has 0 spiro atoms. The van der Waals surface area contributed by atoms with Crippen LogP contribution in [0.25, 0.3) is 0 Å². The molecule has 3 saturated carbocycles. The van der Waals surface area contributed by atoms with Crippen molar-refractivity contribution in [3.63, 3.8) is 0 Å². The lowest BCUT2D eigenvalue weighted by molar-refractivity contribution is 0.233. The molecule has 3 aliphatic carbocycles. The summed E-state index contributed by atoms with van der Waals surface area (Å²) in [5, 5.41) is 6.27. The number of hydrogen-bond acceptors (Lipinski definition) is 2. The third kappa shape index (κ3) is 3.53. The Kier molecular flexibility index (Phi) is 3.82. The van der Waals surface area contributed by atoms with Gasteiger partial charge in [-0.15, -0.1) is 0 Å². The normalized spacial score (nSPS) is 36.3. The molecule has 4 aliphatic rings. The van der Waals surface area contributed by atoms with Crippen LogP contribution in [-0.2, 0) is 0 Å². The molecule has 118 valence electrons. The van der Waals surface area contributed by atoms with E-state index < -0.39 is 0 Å². The van der Waals surface area contributed by atoms with E-state index in [0.717, 1.165) is 49.7 Å². The summed E-state index contributed by atoms with van der Waals surface area (Å²) in [5.74, 6) is 3.65. The number of nitrogens with one attached hydrogen (secondary N) is 2. The summed E-state index contributed by atoms with van der Waals surface area (Å²) in [5.41, 5.74) is 0. The Morgan fingerprint density at radius 2 is 2.00 bits per heavy atom. The average Bonchev–Trinajstić information content (AvgIpc) is 3.29. The summed E-state index contributed by atoms with van der Waals surface area (Å²) in [4.78, 5) is 14.5. The first-order valence-corrected chi connectivity index (χ1v) is 9.04. The zero-order valence-electron chi connectivity index (χ0n) is 13.0. The lowest BCUT2D eigenvalue weighted by Crippen LogP contribution is -2.44. The maximum atomic E-state index is 12.0. The van der Waals surface area contributed by atoms with E-state index in [1.54, 1.807) is 0 Å². The van der Waals surface area contributed by atoms with Crippen LogP contribution in [-0.4, -0.2) is 43.2 Å². The van der Waals surface area contributed by atoms with Crippen molar-refractivity contribution in [2.75, 3.05) is 26.2 Å². The highest BCUT2D eigenvalue weighted by atomic mass is 16.2. The summed E-state index contributed by atoms with van der Waals surface area (Å²) in [6.45, 7) is 4.36. The highest BCUT2D eigenvalue weighted by Gasteiger charge is 2.44. The Morgan fingerprint density at radius 1 is 1.14 bits per heavy atom. The average molecular weight is 291 g/mol. The molecule has 4 rings (SSSR count). The van der Waals surface area contributed by atoms with Crippen molar-refractivity contribution >= 4 is 6.03 Å². The van der Waals surface area contributed by atoms with Crippen molar-refractivity contribution in [1.82, 2.24) is 15.5 Å². The van der Waals surface area contributed by atoms with Gasteiger partial charge in [0.2, 0.25) is 0 Å². The molecule has 0 aromatic rings. The highest BCUT2D eigenvalue weighted by molar-refractivity contribution is 5.74. The lowest BCUT2D eigenvalue weighted by atomic mass is 9.81. The zero-order valence-corrected chi connectivity index (χ0v) is 13.0. The molecule has 0 radical (unpaired) electrons. The first kappa shape index (κ1) is 13.9. The third-order valence-corrected chi connectivity index (χ3v) is 6.08. The largest absolute Gasteiger partial charge is 0.338 e. The van der Waals surface area contributed by atoms with Crippen LogP contribution in [0, 0.1) is 23.7 Å². The van der Waals surface area contributed by atoms with Crippen LogP contribution in [0.4, 0.5) is 4.79 Å². The van der Waals surface area contributed by atoms with E-state index >= 15 is 0 Å². The predicted molar refractivity (Wildman–Crippen MR) is 83.0 cm³/mol. The molecule has 0 aromatic heterocycles. The number of amides is 2. The first-order valence-electron chi connectivity index (χ1n) is 9.04. The molecule has 4 nitrogen and oxygen atoms in total. The van der Waals surface area contributed by atoms with Gasteiger partial charge in [-0.2, -0.15) is 0 Å². The Bertz CT molecular complexity index is 391. The smallest absolute Gasteiger partial charge is 0.315 e. The van der Waals surface area contributed by atoms with E-state index in [2.05, 4.69) is 15.5 Å². The van der Waals surface area contributed by atoms with Gasteiger partial charge in [-0.1, -0.05) is 19.3 Å². The molecule has 3 atom stereocenters. The second-order valence-electron chi connectivity index (χ2n) is 7.89. The van der Waals surface area contributed by atoms with Crippen LogP contribution in [0.2, 0.25) is 0 Å². The summed E-state index contributed by atoms with van der Waals surface area (Å²) < 4.78 is 0. The standard InChI is InChI=1S/C17H29N3O/c21-17(18-9-14-8-16(14)13-2-1-3-13)19-15-6-7-20(11-15)10-12-4-5-12/h12-16H,1-11H2,(H2,18,19,21)/t14-,15?,16-/m0/s1. The molecule has 4 heteroatoms. The SMILES string of the molecule is O=C(NC[C@@H]1C[C@H]1C1CCC1)NC1CCN(CC2CC2)C1. The molecule has 4 fully saturated rings. The van der Waals surface area contributed by atoms with Crippen molar-refractivity contribution in [2.24, 2.45) is 23.7 Å². The highest BCUT2D eigenvalue weighted by Crippen LogP contribution is 2.51. The van der Waals surface area contributed by atoms with Gasteiger partial charge in [0.1, 0.15) is 0 Å². The molecule has 1 heterocycles. The number of hydrogen-bond donors (Lipinski definition) is 2. The minimum absolute atomic E-state index is 0.0625. The molecule has 2 N–H and O–H groups in total. The molecule has 0 bridgehead atoms. The van der Waals surface area contributed by atoms with Crippen LogP contribution in [0.1, 0.15) is 44.9 Å². The zero-order chi connectivity index (χ0) is 14.2. The van der Waals surface area contributed by atoms with E-state index in [-0.39, 0.29) is 6.03 Å². The van der Waals surface area contributed by atoms with Crippen molar-refractivity contribution < 1.29 is 4.79 Å². The van der Waals surface area contributed by atoms with E-state index in [1.807, 2.05) is 0 Å². The van der Waals surface area contributed by atoms with E-state index in [0.29, 0.717) is 6.04 Å². The van der Waals surface area contributed by atoms with Crippen LogP contribution < -0.4 is 10.6 Å². The monoisotopic (exact) mass is 291 g/mol. The van der Waals surface area contributed by atoms with Gasteiger partial charge in [-0.25, -0.2) is 4.79 Å². The van der Waals surface area contributed by atoms with Crippen molar-refractivity contribution in [3.05, 3.63) is 0 Å². The molecule has 1 aliphatic heterocycles. The van der Waals surface area contributed by atoms with Crippen molar-refractivity contribution in [3.8, 4) is 0 Å². The van der Waals surface area contributed by atoms with Gasteiger partial charge in [-0.3, -0.25) is 0 Å². The number of nitrogens with zero attached hydrogens (tertiary/aromatic N) is 1. The number of rotatable bonds is 6. The molecular weight excluding hydrogens is 262 g/mol. The second kappa shape index (κ2) is 5.79. The third-order valence-electron chi connectivity index (χ3n) is 6.08. The molecule has 2 amide bonds. The number of urea groups is 1. The van der Waals surface area contributed by atoms with Gasteiger partial charge in [0.25, 0.3) is 0 Å². The van der Waals surface area contributed by atoms with Gasteiger partial charge in [-0.05, 0) is 49.4 Å². The van der Waals surface area contributed by atoms with E-state index in [4.69, 9.17) is 0 Å². The number of carbonyl (C=O) groups is 1. The van der Waals surface area contributed by atoms with Gasteiger partial charge in [0.15, 0.2) is 0 Å². The summed E-state index contributed by atoms with van der Waals surface area (Å²) in [7, 11) is 0. The van der Waals surface area contributed by atoms with Gasteiger partial charge < -0.3 is 15.5 Å². The number of carbonyl (C=O) groups excluding carboxylic acids is 1. The van der Waals surface area contributed by atoms with Gasteiger partial charge in [0, 0.05) is 32.2 Å². The molecule has 21 heavy (non-hydrogen) atoms.